The van der Waals surface area contributed by atoms with E-state index in [1.807, 2.05) is 6.92 Å². The summed E-state index contributed by atoms with van der Waals surface area (Å²) in [7, 11) is -1.50. The molecule has 1 aliphatic rings. The number of anilines is 1. The molecule has 11 heteroatoms. The summed E-state index contributed by atoms with van der Waals surface area (Å²) in [4.78, 5) is 24.9. The number of halogens is 1. The molecule has 0 bridgehead atoms. The number of aryl methyl sites for hydroxylation is 1. The minimum atomic E-state index is -3.66. The fourth-order valence-corrected chi connectivity index (χ4v) is 6.04. The molecule has 0 unspecified atom stereocenters. The molecule has 2 N–H and O–H groups in total. The van der Waals surface area contributed by atoms with E-state index in [0.717, 1.165) is 26.1 Å². The fraction of sp³-hybridized carbons (Fsp3) is 0.480. The number of sulfonamides is 1. The Bertz CT molecular complexity index is 1400. The quantitative estimate of drug-likeness (QED) is 0.433. The van der Waals surface area contributed by atoms with E-state index < -0.39 is 10.0 Å². The second-order valence-corrected chi connectivity index (χ2v) is 11.4. The van der Waals surface area contributed by atoms with Crippen LogP contribution in [0.1, 0.15) is 33.1 Å². The van der Waals surface area contributed by atoms with Crippen molar-refractivity contribution < 1.29 is 8.42 Å². The molecule has 0 radical (unpaired) electrons. The first-order chi connectivity index (χ1) is 17.2. The van der Waals surface area contributed by atoms with Crippen LogP contribution in [0, 0.1) is 5.92 Å². The maximum atomic E-state index is 13.4. The lowest BCUT2D eigenvalue weighted by molar-refractivity contribution is 0.215. The van der Waals surface area contributed by atoms with E-state index in [4.69, 9.17) is 11.6 Å². The summed E-state index contributed by atoms with van der Waals surface area (Å²) in [6, 6.07) is 6.09. The van der Waals surface area contributed by atoms with Gasteiger partial charge in [-0.2, -0.15) is 4.98 Å². The summed E-state index contributed by atoms with van der Waals surface area (Å²) in [5.41, 5.74) is 1.13. The first kappa shape index (κ1) is 26.5. The molecule has 0 atom stereocenters. The van der Waals surface area contributed by atoms with Gasteiger partial charge in [0.2, 0.25) is 16.0 Å². The number of fused-ring (bicyclic) bond motifs is 1. The number of pyridine rings is 1. The molecular formula is C25H33ClN6O3S. The van der Waals surface area contributed by atoms with Gasteiger partial charge in [0.25, 0.3) is 5.56 Å². The van der Waals surface area contributed by atoms with E-state index >= 15 is 0 Å². The van der Waals surface area contributed by atoms with Crippen LogP contribution < -0.4 is 15.6 Å². The Morgan fingerprint density at radius 2 is 1.89 bits per heavy atom. The van der Waals surface area contributed by atoms with Gasteiger partial charge in [0, 0.05) is 47.4 Å². The number of hydrogen-bond donors (Lipinski definition) is 2. The molecule has 1 aliphatic heterocycles. The van der Waals surface area contributed by atoms with Crippen LogP contribution in [0.5, 0.6) is 0 Å². The lowest BCUT2D eigenvalue weighted by Crippen LogP contribution is -2.31. The Labute approximate surface area is 216 Å². The van der Waals surface area contributed by atoms with Crippen LogP contribution in [0.15, 0.2) is 40.2 Å². The van der Waals surface area contributed by atoms with Crippen molar-refractivity contribution in [2.45, 2.75) is 44.6 Å². The lowest BCUT2D eigenvalue weighted by atomic mass is 9.94. The van der Waals surface area contributed by atoms with Gasteiger partial charge in [0.05, 0.1) is 4.90 Å². The summed E-state index contributed by atoms with van der Waals surface area (Å²) in [5.74, 6) is 1.20. The van der Waals surface area contributed by atoms with Crippen molar-refractivity contribution in [3.05, 3.63) is 45.8 Å². The number of rotatable bonds is 9. The van der Waals surface area contributed by atoms with E-state index in [1.54, 1.807) is 29.8 Å². The minimum Gasteiger partial charge on any atom is -0.354 e. The maximum absolute atomic E-state index is 13.4. The van der Waals surface area contributed by atoms with Gasteiger partial charge in [-0.05, 0) is 70.4 Å². The average molecular weight is 533 g/mol. The van der Waals surface area contributed by atoms with Crippen molar-refractivity contribution in [2.75, 3.05) is 38.5 Å². The van der Waals surface area contributed by atoms with Crippen molar-refractivity contribution in [3.8, 4) is 11.1 Å². The Hall–Kier alpha value is -2.53. The predicted octanol–water partition coefficient (Wildman–Crippen LogP) is 3.57. The minimum absolute atomic E-state index is 0.0500. The molecule has 0 saturated carbocycles. The molecule has 194 valence electrons. The zero-order valence-corrected chi connectivity index (χ0v) is 22.5. The largest absolute Gasteiger partial charge is 0.354 e. The SMILES string of the molecule is CCNS(=O)(=O)c1ccc(-c2cc3cnc(NCCC4CCN(C)CC4)nc3n(CC)c2=O)c(Cl)c1. The van der Waals surface area contributed by atoms with Crippen molar-refractivity contribution in [1.29, 1.82) is 0 Å². The van der Waals surface area contributed by atoms with Gasteiger partial charge in [-0.15, -0.1) is 0 Å². The van der Waals surface area contributed by atoms with Crippen molar-refractivity contribution in [3.63, 3.8) is 0 Å². The Morgan fingerprint density at radius 1 is 1.14 bits per heavy atom. The normalized spacial score (nSPS) is 15.4. The molecule has 9 nitrogen and oxygen atoms in total. The molecule has 0 aliphatic carbocycles. The van der Waals surface area contributed by atoms with Crippen molar-refractivity contribution >= 4 is 38.6 Å². The van der Waals surface area contributed by atoms with Gasteiger partial charge in [-0.1, -0.05) is 24.6 Å². The van der Waals surface area contributed by atoms with Gasteiger partial charge >= 0.3 is 0 Å². The van der Waals surface area contributed by atoms with Gasteiger partial charge in [-0.25, -0.2) is 18.1 Å². The predicted molar refractivity (Wildman–Crippen MR) is 144 cm³/mol. The lowest BCUT2D eigenvalue weighted by Gasteiger charge is -2.28. The van der Waals surface area contributed by atoms with Crippen molar-refractivity contribution in [2.24, 2.45) is 5.92 Å². The highest BCUT2D eigenvalue weighted by atomic mass is 35.5. The Balaban J connectivity index is 1.60. The Kier molecular flexibility index (Phi) is 8.29. The van der Waals surface area contributed by atoms with Gasteiger partial charge in [0.15, 0.2) is 0 Å². The number of benzene rings is 1. The summed E-state index contributed by atoms with van der Waals surface area (Å²) < 4.78 is 28.7. The standard InChI is InChI=1S/C25H33ClN6O3S/c1-4-29-36(34,35)19-6-7-20(22(26)15-19)21-14-18-16-28-25(30-23(18)32(5-2)24(21)33)27-11-8-17-9-12-31(3)13-10-17/h6-7,14-17,29H,4-5,8-13H2,1-3H3,(H,27,28,30). The second-order valence-electron chi connectivity index (χ2n) is 9.19. The molecule has 1 saturated heterocycles. The molecule has 36 heavy (non-hydrogen) atoms. The van der Waals surface area contributed by atoms with Crippen LogP contribution >= 0.6 is 11.6 Å². The number of aromatic nitrogens is 3. The summed E-state index contributed by atoms with van der Waals surface area (Å²) in [6.45, 7) is 7.33. The second kappa shape index (κ2) is 11.2. The van der Waals surface area contributed by atoms with E-state index in [2.05, 4.69) is 32.0 Å². The summed E-state index contributed by atoms with van der Waals surface area (Å²) in [6.07, 6.45) is 5.18. The molecule has 3 heterocycles. The molecule has 0 spiro atoms. The Morgan fingerprint density at radius 3 is 2.56 bits per heavy atom. The molecule has 1 fully saturated rings. The average Bonchev–Trinajstić information content (AvgIpc) is 2.85. The maximum Gasteiger partial charge on any atom is 0.260 e. The number of nitrogens with one attached hydrogen (secondary N) is 2. The van der Waals surface area contributed by atoms with Crippen LogP contribution in [0.2, 0.25) is 5.02 Å². The third-order valence-electron chi connectivity index (χ3n) is 6.69. The van der Waals surface area contributed by atoms with E-state index in [1.165, 1.54) is 25.0 Å². The zero-order chi connectivity index (χ0) is 25.9. The van der Waals surface area contributed by atoms with Crippen LogP contribution in [0.25, 0.3) is 22.2 Å². The topological polar surface area (TPSA) is 109 Å². The van der Waals surface area contributed by atoms with Gasteiger partial charge < -0.3 is 10.2 Å². The monoisotopic (exact) mass is 532 g/mol. The first-order valence-corrected chi connectivity index (χ1v) is 14.2. The molecule has 4 rings (SSSR count). The van der Waals surface area contributed by atoms with Crippen LogP contribution in [0.4, 0.5) is 5.95 Å². The molecule has 3 aromatic rings. The zero-order valence-electron chi connectivity index (χ0n) is 20.9. The first-order valence-electron chi connectivity index (χ1n) is 12.4. The van der Waals surface area contributed by atoms with E-state index in [-0.39, 0.29) is 22.0 Å². The molecule has 2 aromatic heterocycles. The highest BCUT2D eigenvalue weighted by Gasteiger charge is 2.19. The number of piperidine rings is 1. The number of likely N-dealkylation sites (tertiary alicyclic amines) is 1. The third kappa shape index (κ3) is 5.72. The van der Waals surface area contributed by atoms with E-state index in [9.17, 15) is 13.2 Å². The van der Waals surface area contributed by atoms with Gasteiger partial charge in [-0.3, -0.25) is 9.36 Å². The van der Waals surface area contributed by atoms with E-state index in [0.29, 0.717) is 40.6 Å². The molecule has 0 amide bonds. The summed E-state index contributed by atoms with van der Waals surface area (Å²) in [5, 5.41) is 4.20. The number of nitrogens with zero attached hydrogens (tertiary/aromatic N) is 4. The smallest absolute Gasteiger partial charge is 0.260 e. The van der Waals surface area contributed by atoms with Crippen LogP contribution in [-0.2, 0) is 16.6 Å². The number of hydrogen-bond acceptors (Lipinski definition) is 7. The van der Waals surface area contributed by atoms with Crippen molar-refractivity contribution in [1.82, 2.24) is 24.2 Å². The molecular weight excluding hydrogens is 500 g/mol. The third-order valence-corrected chi connectivity index (χ3v) is 8.55. The molecule has 1 aromatic carbocycles. The highest BCUT2D eigenvalue weighted by molar-refractivity contribution is 7.89. The summed E-state index contributed by atoms with van der Waals surface area (Å²) >= 11 is 6.46. The fourth-order valence-electron chi connectivity index (χ4n) is 4.62. The van der Waals surface area contributed by atoms with Crippen LogP contribution in [-0.4, -0.2) is 61.1 Å². The van der Waals surface area contributed by atoms with Gasteiger partial charge in [0.1, 0.15) is 5.65 Å². The van der Waals surface area contributed by atoms with Crippen LogP contribution in [0.3, 0.4) is 0 Å². The highest BCUT2D eigenvalue weighted by Crippen LogP contribution is 2.30.